The van der Waals surface area contributed by atoms with E-state index in [1.165, 1.54) is 0 Å². The molecule has 0 aliphatic carbocycles. The van der Waals surface area contributed by atoms with Gasteiger partial charge in [0.05, 0.1) is 17.0 Å². The van der Waals surface area contributed by atoms with E-state index in [2.05, 4.69) is 0 Å². The first-order chi connectivity index (χ1) is 18.0. The minimum atomic E-state index is -0.650. The summed E-state index contributed by atoms with van der Waals surface area (Å²) >= 11 is 6.35. The van der Waals surface area contributed by atoms with Crippen molar-refractivity contribution in [2.24, 2.45) is 0 Å². The third-order valence-electron chi connectivity index (χ3n) is 6.60. The average molecular weight is 508 g/mol. The minimum absolute atomic E-state index is 0.0644. The van der Waals surface area contributed by atoms with Crippen LogP contribution in [0, 0.1) is 6.92 Å². The Balaban J connectivity index is 1.52. The molecule has 0 saturated carbocycles. The fraction of sp³-hybridized carbons (Fsp3) is 0.0968. The Kier molecular flexibility index (Phi) is 5.78. The molecule has 0 spiro atoms. The van der Waals surface area contributed by atoms with E-state index >= 15 is 0 Å². The molecule has 2 heterocycles. The predicted molar refractivity (Wildman–Crippen MR) is 143 cm³/mol. The van der Waals surface area contributed by atoms with Crippen LogP contribution in [-0.4, -0.2) is 10.8 Å². The van der Waals surface area contributed by atoms with Crippen molar-refractivity contribution < 1.29 is 13.9 Å². The molecule has 0 fully saturated rings. The number of fused-ring (bicyclic) bond motifs is 2. The summed E-state index contributed by atoms with van der Waals surface area (Å²) in [6.45, 7) is 2.15. The van der Waals surface area contributed by atoms with Crippen molar-refractivity contribution in [3.63, 3.8) is 0 Å². The van der Waals surface area contributed by atoms with Crippen LogP contribution in [-0.2, 0) is 6.54 Å². The zero-order valence-electron chi connectivity index (χ0n) is 20.0. The van der Waals surface area contributed by atoms with E-state index in [0.29, 0.717) is 39.6 Å². The highest BCUT2D eigenvalue weighted by molar-refractivity contribution is 6.32. The fourth-order valence-electron chi connectivity index (χ4n) is 4.80. The molecule has 1 aromatic heterocycles. The number of para-hydroxylation sites is 1. The van der Waals surface area contributed by atoms with Gasteiger partial charge in [0.15, 0.2) is 5.43 Å². The Morgan fingerprint density at radius 3 is 2.32 bits per heavy atom. The molecule has 0 N–H and O–H groups in total. The van der Waals surface area contributed by atoms with Gasteiger partial charge in [-0.1, -0.05) is 72.3 Å². The lowest BCUT2D eigenvalue weighted by atomic mass is 9.97. The van der Waals surface area contributed by atoms with Crippen molar-refractivity contribution in [2.75, 3.05) is 0 Å². The third kappa shape index (κ3) is 4.17. The Labute approximate surface area is 218 Å². The van der Waals surface area contributed by atoms with Crippen molar-refractivity contribution in [1.29, 1.82) is 0 Å². The van der Waals surface area contributed by atoms with Crippen LogP contribution in [0.2, 0.25) is 5.02 Å². The van der Waals surface area contributed by atoms with Crippen LogP contribution in [0.25, 0.3) is 11.0 Å². The second-order valence-electron chi connectivity index (χ2n) is 9.08. The van der Waals surface area contributed by atoms with E-state index in [9.17, 15) is 9.59 Å². The molecule has 0 radical (unpaired) electrons. The van der Waals surface area contributed by atoms with E-state index in [1.807, 2.05) is 91.9 Å². The molecule has 0 saturated heterocycles. The minimum Gasteiger partial charge on any atom is -0.457 e. The number of benzene rings is 4. The van der Waals surface area contributed by atoms with Crippen LogP contribution < -0.4 is 10.2 Å². The molecule has 182 valence electrons. The maximum Gasteiger partial charge on any atom is 0.291 e. The number of hydrogen-bond donors (Lipinski definition) is 0. The highest BCUT2D eigenvalue weighted by Crippen LogP contribution is 2.40. The number of carbonyl (C=O) groups excluding carboxylic acids is 1. The first kappa shape index (κ1) is 23.1. The first-order valence-corrected chi connectivity index (χ1v) is 12.3. The topological polar surface area (TPSA) is 59.8 Å². The van der Waals surface area contributed by atoms with Gasteiger partial charge < -0.3 is 14.1 Å². The quantitative estimate of drug-likeness (QED) is 0.250. The number of ether oxygens (including phenoxy) is 1. The zero-order valence-corrected chi connectivity index (χ0v) is 20.7. The van der Waals surface area contributed by atoms with Gasteiger partial charge in [-0.2, -0.15) is 0 Å². The van der Waals surface area contributed by atoms with E-state index in [-0.39, 0.29) is 17.1 Å². The van der Waals surface area contributed by atoms with Gasteiger partial charge in [-0.05, 0) is 60.0 Å². The standard InChI is InChI=1S/C31H22ClNO4/c1-19-15-26-24(17-25(19)32)29(34)27-28(21-11-8-14-23(16-21)36-22-12-6-3-7-13-22)33(31(35)30(27)37-26)18-20-9-4-2-5-10-20/h2-17,28H,18H2,1H3. The molecule has 5 aromatic rings. The van der Waals surface area contributed by atoms with Gasteiger partial charge in [0.2, 0.25) is 5.76 Å². The Morgan fingerprint density at radius 1 is 0.865 bits per heavy atom. The summed E-state index contributed by atoms with van der Waals surface area (Å²) in [5, 5.41) is 0.824. The lowest BCUT2D eigenvalue weighted by Gasteiger charge is -2.25. The van der Waals surface area contributed by atoms with Crippen molar-refractivity contribution in [2.45, 2.75) is 19.5 Å². The summed E-state index contributed by atoms with van der Waals surface area (Å²) in [4.78, 5) is 29.3. The Bertz CT molecular complexity index is 1700. The number of rotatable bonds is 5. The number of aryl methyl sites for hydroxylation is 1. The van der Waals surface area contributed by atoms with E-state index < -0.39 is 6.04 Å². The summed E-state index contributed by atoms with van der Waals surface area (Å²) in [6.07, 6.45) is 0. The summed E-state index contributed by atoms with van der Waals surface area (Å²) in [5.41, 5.74) is 2.86. The van der Waals surface area contributed by atoms with Gasteiger partial charge in [-0.25, -0.2) is 0 Å². The maximum absolute atomic E-state index is 13.9. The molecule has 6 rings (SSSR count). The fourth-order valence-corrected chi connectivity index (χ4v) is 4.97. The molecular formula is C31H22ClNO4. The van der Waals surface area contributed by atoms with Gasteiger partial charge in [0.1, 0.15) is 17.1 Å². The van der Waals surface area contributed by atoms with Crippen molar-refractivity contribution in [1.82, 2.24) is 4.90 Å². The zero-order chi connectivity index (χ0) is 25.5. The molecule has 37 heavy (non-hydrogen) atoms. The number of carbonyl (C=O) groups is 1. The molecule has 1 atom stereocenters. The van der Waals surface area contributed by atoms with E-state index in [1.54, 1.807) is 17.0 Å². The largest absolute Gasteiger partial charge is 0.457 e. The number of nitrogens with zero attached hydrogens (tertiary/aromatic N) is 1. The smallest absolute Gasteiger partial charge is 0.291 e. The highest BCUT2D eigenvalue weighted by Gasteiger charge is 2.43. The van der Waals surface area contributed by atoms with Gasteiger partial charge >= 0.3 is 0 Å². The van der Waals surface area contributed by atoms with Crippen LogP contribution in [0.1, 0.15) is 38.9 Å². The van der Waals surface area contributed by atoms with Gasteiger partial charge in [0, 0.05) is 11.6 Å². The predicted octanol–water partition coefficient (Wildman–Crippen LogP) is 7.29. The second kappa shape index (κ2) is 9.26. The SMILES string of the molecule is Cc1cc2oc3c(c(=O)c2cc1Cl)C(c1cccc(Oc2ccccc2)c1)N(Cc1ccccc1)C3=O. The van der Waals surface area contributed by atoms with Crippen LogP contribution in [0.5, 0.6) is 11.5 Å². The molecule has 0 bridgehead atoms. The normalized spacial score (nSPS) is 14.7. The van der Waals surface area contributed by atoms with E-state index in [4.69, 9.17) is 20.8 Å². The molecule has 1 aliphatic rings. The number of hydrogen-bond acceptors (Lipinski definition) is 4. The summed E-state index contributed by atoms with van der Waals surface area (Å²) in [5.74, 6) is 1.03. The summed E-state index contributed by atoms with van der Waals surface area (Å²) in [6, 6.07) is 29.3. The van der Waals surface area contributed by atoms with Gasteiger partial charge in [-0.15, -0.1) is 0 Å². The number of halogens is 1. The molecule has 1 amide bonds. The van der Waals surface area contributed by atoms with Gasteiger partial charge in [-0.3, -0.25) is 9.59 Å². The first-order valence-electron chi connectivity index (χ1n) is 11.9. The summed E-state index contributed by atoms with van der Waals surface area (Å²) in [7, 11) is 0. The summed E-state index contributed by atoms with van der Waals surface area (Å²) < 4.78 is 12.2. The third-order valence-corrected chi connectivity index (χ3v) is 7.00. The van der Waals surface area contributed by atoms with Crippen LogP contribution in [0.15, 0.2) is 106 Å². The Morgan fingerprint density at radius 2 is 1.57 bits per heavy atom. The number of amides is 1. The van der Waals surface area contributed by atoms with Crippen LogP contribution in [0.3, 0.4) is 0 Å². The van der Waals surface area contributed by atoms with Crippen molar-refractivity contribution in [3.8, 4) is 11.5 Å². The molecular weight excluding hydrogens is 486 g/mol. The van der Waals surface area contributed by atoms with Crippen molar-refractivity contribution >= 4 is 28.5 Å². The lowest BCUT2D eigenvalue weighted by molar-refractivity contribution is 0.0714. The monoisotopic (exact) mass is 507 g/mol. The molecule has 1 aliphatic heterocycles. The maximum atomic E-state index is 13.9. The second-order valence-corrected chi connectivity index (χ2v) is 9.49. The molecule has 5 nitrogen and oxygen atoms in total. The average Bonchev–Trinajstić information content (AvgIpc) is 3.18. The molecule has 1 unspecified atom stereocenters. The van der Waals surface area contributed by atoms with Crippen molar-refractivity contribution in [3.05, 3.63) is 140 Å². The van der Waals surface area contributed by atoms with Crippen LogP contribution >= 0.6 is 11.6 Å². The van der Waals surface area contributed by atoms with Gasteiger partial charge in [0.25, 0.3) is 5.91 Å². The Hall–Kier alpha value is -4.35. The van der Waals surface area contributed by atoms with Crippen LogP contribution in [0.4, 0.5) is 0 Å². The van der Waals surface area contributed by atoms with E-state index in [0.717, 1.165) is 16.7 Å². The highest BCUT2D eigenvalue weighted by atomic mass is 35.5. The lowest BCUT2D eigenvalue weighted by Crippen LogP contribution is -2.29. The molecule has 6 heteroatoms. The molecule has 4 aromatic carbocycles.